The number of carbonyl (C=O) groups excluding carboxylic acids is 1. The van der Waals surface area contributed by atoms with E-state index in [-0.39, 0.29) is 34.3 Å². The van der Waals surface area contributed by atoms with Crippen molar-refractivity contribution in [3.8, 4) is 0 Å². The molecule has 5 rings (SSSR count). The van der Waals surface area contributed by atoms with E-state index >= 15 is 0 Å². The highest BCUT2D eigenvalue weighted by Gasteiger charge is 2.58. The van der Waals surface area contributed by atoms with E-state index in [0.717, 1.165) is 51.3 Å². The van der Waals surface area contributed by atoms with E-state index in [9.17, 15) is 18.0 Å². The zero-order valence-electron chi connectivity index (χ0n) is 18.8. The number of fused-ring (bicyclic) bond motifs is 1. The van der Waals surface area contributed by atoms with Gasteiger partial charge < -0.3 is 15.5 Å². The summed E-state index contributed by atoms with van der Waals surface area (Å²) in [6.45, 7) is 5.07. The Bertz CT molecular complexity index is 1040. The molecule has 1 saturated heterocycles. The van der Waals surface area contributed by atoms with Crippen LogP contribution in [0.15, 0.2) is 24.5 Å². The van der Waals surface area contributed by atoms with Gasteiger partial charge in [0.05, 0.1) is 17.2 Å². The van der Waals surface area contributed by atoms with Gasteiger partial charge in [0.15, 0.2) is 0 Å². The molecule has 2 aliphatic carbocycles. The predicted molar refractivity (Wildman–Crippen MR) is 120 cm³/mol. The van der Waals surface area contributed by atoms with Crippen LogP contribution in [0.2, 0.25) is 0 Å². The Morgan fingerprint density at radius 2 is 1.94 bits per heavy atom. The number of alkyl halides is 3. The lowest BCUT2D eigenvalue weighted by Crippen LogP contribution is -2.45. The van der Waals surface area contributed by atoms with Crippen molar-refractivity contribution in [2.45, 2.75) is 51.2 Å². The lowest BCUT2D eigenvalue weighted by atomic mass is 9.91. The van der Waals surface area contributed by atoms with Gasteiger partial charge in [0.1, 0.15) is 11.0 Å². The van der Waals surface area contributed by atoms with E-state index in [1.54, 1.807) is 0 Å². The summed E-state index contributed by atoms with van der Waals surface area (Å²) in [5, 5.41) is 6.73. The molecule has 2 aromatic rings. The molecule has 1 spiro atoms. The molecule has 3 aliphatic rings. The quantitative estimate of drug-likeness (QED) is 0.686. The number of nitrogens with zero attached hydrogens (tertiary/aromatic N) is 3. The van der Waals surface area contributed by atoms with E-state index in [0.29, 0.717) is 24.7 Å². The Labute approximate surface area is 191 Å². The van der Waals surface area contributed by atoms with Crippen LogP contribution in [0.25, 0.3) is 11.0 Å². The molecular weight excluding hydrogens is 431 g/mol. The van der Waals surface area contributed by atoms with Crippen LogP contribution in [0, 0.1) is 17.3 Å². The van der Waals surface area contributed by atoms with E-state index in [1.165, 1.54) is 18.5 Å². The molecule has 2 heterocycles. The number of nitrogens with one attached hydrogen (secondary N) is 2. The molecule has 1 amide bonds. The average Bonchev–Trinajstić information content (AvgIpc) is 3.25. The Morgan fingerprint density at radius 1 is 1.18 bits per heavy atom. The molecule has 2 N–H and O–H groups in total. The number of hydrogen-bond acceptors (Lipinski definition) is 5. The monoisotopic (exact) mass is 461 g/mol. The smallest absolute Gasteiger partial charge is 0.368 e. The standard InChI is InChI=1S/C24H30F3N5O/c1-2-28-12-15-4-3-5-18(15)31-22(33)17-13-32(14-23(17)8-9-23)19-7-6-16(24(25,26)27)20-21(19)30-11-10-29-20/h6-7,10-11,15,17-18,28H,2-5,8-9,12-14H2,1H3,(H,31,33). The van der Waals surface area contributed by atoms with Crippen molar-refractivity contribution in [1.82, 2.24) is 20.6 Å². The van der Waals surface area contributed by atoms with Crippen molar-refractivity contribution in [2.75, 3.05) is 31.1 Å². The van der Waals surface area contributed by atoms with Crippen molar-refractivity contribution >= 4 is 22.6 Å². The van der Waals surface area contributed by atoms with Crippen LogP contribution >= 0.6 is 0 Å². The first-order valence-corrected chi connectivity index (χ1v) is 11.9. The highest BCUT2D eigenvalue weighted by molar-refractivity contribution is 5.92. The maximum absolute atomic E-state index is 13.5. The van der Waals surface area contributed by atoms with Gasteiger partial charge >= 0.3 is 6.18 Å². The second kappa shape index (κ2) is 8.42. The predicted octanol–water partition coefficient (Wildman–Crippen LogP) is 3.76. The third kappa shape index (κ3) is 4.16. The molecule has 1 aromatic heterocycles. The normalized spacial score (nSPS) is 26.3. The van der Waals surface area contributed by atoms with Gasteiger partial charge in [0, 0.05) is 36.9 Å². The molecule has 6 nitrogen and oxygen atoms in total. The van der Waals surface area contributed by atoms with Gasteiger partial charge in [-0.15, -0.1) is 0 Å². The lowest BCUT2D eigenvalue weighted by molar-refractivity contribution is -0.136. The minimum atomic E-state index is -4.50. The van der Waals surface area contributed by atoms with Gasteiger partial charge in [-0.1, -0.05) is 13.3 Å². The van der Waals surface area contributed by atoms with Crippen LogP contribution in [-0.4, -0.2) is 48.1 Å². The minimum absolute atomic E-state index is 0.0862. The fourth-order valence-corrected chi connectivity index (χ4v) is 5.79. The number of hydrogen-bond donors (Lipinski definition) is 2. The van der Waals surface area contributed by atoms with Crippen LogP contribution in [0.3, 0.4) is 0 Å². The molecule has 2 saturated carbocycles. The van der Waals surface area contributed by atoms with Gasteiger partial charge in [-0.2, -0.15) is 13.2 Å². The maximum Gasteiger partial charge on any atom is 0.418 e. The fraction of sp³-hybridized carbons (Fsp3) is 0.625. The van der Waals surface area contributed by atoms with Crippen molar-refractivity contribution in [3.05, 3.63) is 30.1 Å². The first-order chi connectivity index (χ1) is 15.8. The SMILES string of the molecule is CCNCC1CCCC1NC(=O)C1CN(c2ccc(C(F)(F)F)c3nccnc23)CC12CC2. The molecular formula is C24H30F3N5O. The third-order valence-corrected chi connectivity index (χ3v) is 7.75. The molecule has 3 fully saturated rings. The molecule has 1 aliphatic heterocycles. The first kappa shape index (κ1) is 22.4. The maximum atomic E-state index is 13.5. The Kier molecular flexibility index (Phi) is 5.71. The number of anilines is 1. The average molecular weight is 462 g/mol. The number of amides is 1. The van der Waals surface area contributed by atoms with Gasteiger partial charge in [-0.3, -0.25) is 14.8 Å². The summed E-state index contributed by atoms with van der Waals surface area (Å²) in [4.78, 5) is 23.6. The molecule has 0 bridgehead atoms. The minimum Gasteiger partial charge on any atom is -0.368 e. The summed E-state index contributed by atoms with van der Waals surface area (Å²) in [7, 11) is 0. The summed E-state index contributed by atoms with van der Waals surface area (Å²) < 4.78 is 40.5. The van der Waals surface area contributed by atoms with Gasteiger partial charge in [0.25, 0.3) is 0 Å². The van der Waals surface area contributed by atoms with E-state index < -0.39 is 11.7 Å². The molecule has 0 radical (unpaired) electrons. The van der Waals surface area contributed by atoms with Gasteiger partial charge in [-0.25, -0.2) is 0 Å². The summed E-state index contributed by atoms with van der Waals surface area (Å²) in [5.41, 5.74) is -0.143. The number of carbonyl (C=O) groups is 1. The summed E-state index contributed by atoms with van der Waals surface area (Å²) in [6, 6.07) is 2.77. The highest BCUT2D eigenvalue weighted by atomic mass is 19.4. The third-order valence-electron chi connectivity index (χ3n) is 7.75. The van der Waals surface area contributed by atoms with Crippen LogP contribution < -0.4 is 15.5 Å². The van der Waals surface area contributed by atoms with Crippen molar-refractivity contribution in [1.29, 1.82) is 0 Å². The van der Waals surface area contributed by atoms with Crippen molar-refractivity contribution < 1.29 is 18.0 Å². The van der Waals surface area contributed by atoms with Crippen LogP contribution in [0.4, 0.5) is 18.9 Å². The Balaban J connectivity index is 1.37. The van der Waals surface area contributed by atoms with Crippen LogP contribution in [0.1, 0.15) is 44.6 Å². The molecule has 9 heteroatoms. The molecule has 1 aromatic carbocycles. The van der Waals surface area contributed by atoms with E-state index in [1.807, 2.05) is 4.90 Å². The highest BCUT2D eigenvalue weighted by Crippen LogP contribution is 2.57. The van der Waals surface area contributed by atoms with Crippen LogP contribution in [-0.2, 0) is 11.0 Å². The van der Waals surface area contributed by atoms with Crippen molar-refractivity contribution in [2.24, 2.45) is 17.3 Å². The van der Waals surface area contributed by atoms with Crippen molar-refractivity contribution in [3.63, 3.8) is 0 Å². The first-order valence-electron chi connectivity index (χ1n) is 11.9. The largest absolute Gasteiger partial charge is 0.418 e. The Morgan fingerprint density at radius 3 is 2.64 bits per heavy atom. The summed E-state index contributed by atoms with van der Waals surface area (Å²) >= 11 is 0. The Hall–Kier alpha value is -2.42. The topological polar surface area (TPSA) is 70.2 Å². The number of aromatic nitrogens is 2. The zero-order chi connectivity index (χ0) is 23.2. The second-order valence-electron chi connectivity index (χ2n) is 9.79. The summed E-state index contributed by atoms with van der Waals surface area (Å²) in [5.74, 6) is 0.383. The molecule has 3 atom stereocenters. The molecule has 178 valence electrons. The number of halogens is 3. The van der Waals surface area contributed by atoms with E-state index in [4.69, 9.17) is 0 Å². The lowest BCUT2D eigenvalue weighted by Gasteiger charge is -2.25. The van der Waals surface area contributed by atoms with Gasteiger partial charge in [0.2, 0.25) is 5.91 Å². The van der Waals surface area contributed by atoms with Crippen LogP contribution in [0.5, 0.6) is 0 Å². The second-order valence-corrected chi connectivity index (χ2v) is 9.79. The van der Waals surface area contributed by atoms with Gasteiger partial charge in [-0.05, 0) is 56.8 Å². The fourth-order valence-electron chi connectivity index (χ4n) is 5.79. The number of benzene rings is 1. The van der Waals surface area contributed by atoms with E-state index in [2.05, 4.69) is 27.5 Å². The summed E-state index contributed by atoms with van der Waals surface area (Å²) in [6.07, 6.45) is 3.40. The molecule has 33 heavy (non-hydrogen) atoms. The molecule has 3 unspecified atom stereocenters. The zero-order valence-corrected chi connectivity index (χ0v) is 18.8. The number of rotatable bonds is 6.